The molecule has 2 saturated heterocycles. The van der Waals surface area contributed by atoms with Crippen molar-refractivity contribution in [3.63, 3.8) is 0 Å². The highest BCUT2D eigenvalue weighted by Gasteiger charge is 2.30. The SMILES string of the molecule is COc1c(C)cccc1C(=O)N1CCC[C@@H](c2[nH]ncc2-c2ccnc(N3CCCC3)n2)C1. The minimum atomic E-state index is 0.0136. The maximum Gasteiger partial charge on any atom is 0.257 e. The number of hydrogen-bond acceptors (Lipinski definition) is 6. The number of ether oxygens (including phenoxy) is 1. The molecule has 2 aromatic heterocycles. The summed E-state index contributed by atoms with van der Waals surface area (Å²) in [5, 5.41) is 7.55. The Morgan fingerprint density at radius 3 is 2.82 bits per heavy atom. The number of benzene rings is 1. The van der Waals surface area contributed by atoms with Crippen molar-refractivity contribution in [1.29, 1.82) is 0 Å². The van der Waals surface area contributed by atoms with Crippen LogP contribution >= 0.6 is 0 Å². The number of para-hydroxylation sites is 1. The van der Waals surface area contributed by atoms with Gasteiger partial charge in [-0.2, -0.15) is 5.10 Å². The van der Waals surface area contributed by atoms with Crippen molar-refractivity contribution in [2.24, 2.45) is 0 Å². The van der Waals surface area contributed by atoms with Gasteiger partial charge in [0.1, 0.15) is 5.75 Å². The van der Waals surface area contributed by atoms with Crippen molar-refractivity contribution < 1.29 is 9.53 Å². The number of methoxy groups -OCH3 is 1. The highest BCUT2D eigenvalue weighted by atomic mass is 16.5. The summed E-state index contributed by atoms with van der Waals surface area (Å²) in [7, 11) is 1.62. The average Bonchev–Trinajstić information content (AvgIpc) is 3.56. The molecule has 1 N–H and O–H groups in total. The molecule has 4 heterocycles. The molecule has 1 aromatic carbocycles. The second-order valence-electron chi connectivity index (χ2n) is 8.88. The van der Waals surface area contributed by atoms with Gasteiger partial charge in [0.25, 0.3) is 5.91 Å². The van der Waals surface area contributed by atoms with Gasteiger partial charge in [0.2, 0.25) is 5.95 Å². The molecule has 2 aliphatic heterocycles. The summed E-state index contributed by atoms with van der Waals surface area (Å²) in [5.41, 5.74) is 4.49. The largest absolute Gasteiger partial charge is 0.496 e. The van der Waals surface area contributed by atoms with E-state index < -0.39 is 0 Å². The number of carbonyl (C=O) groups excluding carboxylic acids is 1. The number of aromatic nitrogens is 4. The molecule has 2 fully saturated rings. The Bertz CT molecular complexity index is 1140. The molecule has 3 aromatic rings. The second-order valence-corrected chi connectivity index (χ2v) is 8.88. The third kappa shape index (κ3) is 4.17. The van der Waals surface area contributed by atoms with Crippen LogP contribution in [0.15, 0.2) is 36.7 Å². The highest BCUT2D eigenvalue weighted by Crippen LogP contribution is 2.34. The number of aromatic amines is 1. The van der Waals surface area contributed by atoms with Crippen LogP contribution in [0.3, 0.4) is 0 Å². The van der Waals surface area contributed by atoms with E-state index in [0.29, 0.717) is 17.9 Å². The van der Waals surface area contributed by atoms with E-state index in [1.54, 1.807) is 7.11 Å². The summed E-state index contributed by atoms with van der Waals surface area (Å²) in [4.78, 5) is 26.9. The minimum Gasteiger partial charge on any atom is -0.496 e. The van der Waals surface area contributed by atoms with E-state index in [1.165, 1.54) is 12.8 Å². The number of rotatable bonds is 5. The molecular formula is C25H30N6O2. The predicted molar refractivity (Wildman–Crippen MR) is 127 cm³/mol. The quantitative estimate of drug-likeness (QED) is 0.641. The molecule has 5 rings (SSSR count). The molecule has 1 atom stereocenters. The molecule has 1 amide bonds. The first-order valence-electron chi connectivity index (χ1n) is 11.7. The Hall–Kier alpha value is -3.42. The van der Waals surface area contributed by atoms with Crippen molar-refractivity contribution >= 4 is 11.9 Å². The zero-order valence-electron chi connectivity index (χ0n) is 19.3. The summed E-state index contributed by atoms with van der Waals surface area (Å²) in [6.45, 7) is 5.34. The Morgan fingerprint density at radius 2 is 2.00 bits per heavy atom. The molecule has 0 saturated carbocycles. The second kappa shape index (κ2) is 9.21. The average molecular weight is 447 g/mol. The van der Waals surface area contributed by atoms with Gasteiger partial charge < -0.3 is 14.5 Å². The lowest BCUT2D eigenvalue weighted by molar-refractivity contribution is 0.0702. The summed E-state index contributed by atoms with van der Waals surface area (Å²) >= 11 is 0. The van der Waals surface area contributed by atoms with Crippen molar-refractivity contribution in [2.45, 2.75) is 38.5 Å². The summed E-state index contributed by atoms with van der Waals surface area (Å²) in [6, 6.07) is 7.66. The number of amides is 1. The number of aryl methyl sites for hydroxylation is 1. The van der Waals surface area contributed by atoms with Crippen LogP contribution in [-0.2, 0) is 0 Å². The molecule has 172 valence electrons. The first-order chi connectivity index (χ1) is 16.2. The van der Waals surface area contributed by atoms with E-state index in [-0.39, 0.29) is 11.8 Å². The normalized spacial score (nSPS) is 18.5. The van der Waals surface area contributed by atoms with E-state index in [1.807, 2.05) is 48.5 Å². The molecule has 0 radical (unpaired) electrons. The number of piperidine rings is 1. The fraction of sp³-hybridized carbons (Fsp3) is 0.440. The zero-order chi connectivity index (χ0) is 22.8. The van der Waals surface area contributed by atoms with Gasteiger partial charge in [0.05, 0.1) is 24.6 Å². The van der Waals surface area contributed by atoms with Gasteiger partial charge in [0, 0.05) is 49.6 Å². The van der Waals surface area contributed by atoms with Crippen LogP contribution in [0.5, 0.6) is 5.75 Å². The maximum atomic E-state index is 13.4. The van der Waals surface area contributed by atoms with Crippen LogP contribution in [0.2, 0.25) is 0 Å². The molecule has 0 bridgehead atoms. The van der Waals surface area contributed by atoms with Gasteiger partial charge in [-0.3, -0.25) is 9.89 Å². The van der Waals surface area contributed by atoms with Crippen molar-refractivity contribution in [2.75, 3.05) is 38.2 Å². The fourth-order valence-corrected chi connectivity index (χ4v) is 5.04. The summed E-state index contributed by atoms with van der Waals surface area (Å²) in [5.74, 6) is 1.62. The Morgan fingerprint density at radius 1 is 1.15 bits per heavy atom. The number of anilines is 1. The Balaban J connectivity index is 1.39. The van der Waals surface area contributed by atoms with Gasteiger partial charge >= 0.3 is 0 Å². The summed E-state index contributed by atoms with van der Waals surface area (Å²) < 4.78 is 5.54. The van der Waals surface area contributed by atoms with Gasteiger partial charge in [0.15, 0.2) is 0 Å². The predicted octanol–water partition coefficient (Wildman–Crippen LogP) is 3.80. The highest BCUT2D eigenvalue weighted by molar-refractivity contribution is 5.97. The first kappa shape index (κ1) is 21.4. The van der Waals surface area contributed by atoms with Crippen molar-refractivity contribution in [3.05, 3.63) is 53.5 Å². The lowest BCUT2D eigenvalue weighted by atomic mass is 9.91. The summed E-state index contributed by atoms with van der Waals surface area (Å²) in [6.07, 6.45) is 7.97. The van der Waals surface area contributed by atoms with Crippen molar-refractivity contribution in [1.82, 2.24) is 25.1 Å². The third-order valence-electron chi connectivity index (χ3n) is 6.74. The number of nitrogens with zero attached hydrogens (tertiary/aromatic N) is 5. The smallest absolute Gasteiger partial charge is 0.257 e. The van der Waals surface area contributed by atoms with Crippen LogP contribution in [0.25, 0.3) is 11.3 Å². The number of likely N-dealkylation sites (tertiary alicyclic amines) is 1. The monoisotopic (exact) mass is 446 g/mol. The lowest BCUT2D eigenvalue weighted by Crippen LogP contribution is -2.39. The van der Waals surface area contributed by atoms with E-state index in [2.05, 4.69) is 20.1 Å². The van der Waals surface area contributed by atoms with E-state index in [4.69, 9.17) is 9.72 Å². The molecule has 0 aliphatic carbocycles. The Labute approximate surface area is 194 Å². The van der Waals surface area contributed by atoms with Gasteiger partial charge in [-0.25, -0.2) is 9.97 Å². The van der Waals surface area contributed by atoms with Gasteiger partial charge in [-0.05, 0) is 50.3 Å². The van der Waals surface area contributed by atoms with Crippen molar-refractivity contribution in [3.8, 4) is 17.0 Å². The van der Waals surface area contributed by atoms with Crippen LogP contribution < -0.4 is 9.64 Å². The Kier molecular flexibility index (Phi) is 5.98. The van der Waals surface area contributed by atoms with Gasteiger partial charge in [-0.1, -0.05) is 12.1 Å². The van der Waals surface area contributed by atoms with Crippen LogP contribution in [0.1, 0.15) is 53.2 Å². The van der Waals surface area contributed by atoms with E-state index in [0.717, 1.165) is 60.9 Å². The number of carbonyl (C=O) groups is 1. The molecule has 33 heavy (non-hydrogen) atoms. The minimum absolute atomic E-state index is 0.0136. The van der Waals surface area contributed by atoms with Crippen LogP contribution in [0.4, 0.5) is 5.95 Å². The topological polar surface area (TPSA) is 87.2 Å². The molecule has 0 spiro atoms. The fourth-order valence-electron chi connectivity index (χ4n) is 5.04. The lowest BCUT2D eigenvalue weighted by Gasteiger charge is -2.33. The standard InChI is InChI=1S/C25H30N6O2/c1-17-7-5-9-19(23(17)33-2)24(32)31-14-6-8-18(16-31)22-20(15-27-29-22)21-10-11-26-25(28-21)30-12-3-4-13-30/h5,7,9-11,15,18H,3-4,6,8,12-14,16H2,1-2H3,(H,27,29)/t18-/m1/s1. The van der Waals surface area contributed by atoms with E-state index >= 15 is 0 Å². The van der Waals surface area contributed by atoms with E-state index in [9.17, 15) is 4.79 Å². The maximum absolute atomic E-state index is 13.4. The number of H-pyrrole nitrogens is 1. The van der Waals surface area contributed by atoms with Crippen LogP contribution in [0, 0.1) is 6.92 Å². The zero-order valence-corrected chi connectivity index (χ0v) is 19.3. The number of hydrogen-bond donors (Lipinski definition) is 1. The molecule has 8 nitrogen and oxygen atoms in total. The first-order valence-corrected chi connectivity index (χ1v) is 11.7. The van der Waals surface area contributed by atoms with Crippen LogP contribution in [-0.4, -0.2) is 64.3 Å². The molecule has 8 heteroatoms. The number of nitrogens with one attached hydrogen (secondary N) is 1. The molecule has 0 unspecified atom stereocenters. The van der Waals surface area contributed by atoms with Gasteiger partial charge in [-0.15, -0.1) is 0 Å². The third-order valence-corrected chi connectivity index (χ3v) is 6.74. The molecular weight excluding hydrogens is 416 g/mol. The molecule has 2 aliphatic rings.